The Kier molecular flexibility index (Phi) is 3.70. The minimum Gasteiger partial charge on any atom is -0.318 e. The van der Waals surface area contributed by atoms with Gasteiger partial charge in [-0.25, -0.2) is 4.98 Å². The fraction of sp³-hybridized carbons (Fsp3) is 0.118. The quantitative estimate of drug-likeness (QED) is 0.619. The van der Waals surface area contributed by atoms with E-state index in [1.807, 2.05) is 37.3 Å². The van der Waals surface area contributed by atoms with E-state index in [2.05, 4.69) is 25.5 Å². The second kappa shape index (κ2) is 6.16. The second-order valence-electron chi connectivity index (χ2n) is 5.40. The van der Waals surface area contributed by atoms with Gasteiger partial charge in [0.15, 0.2) is 0 Å². The van der Waals surface area contributed by atoms with E-state index >= 15 is 0 Å². The van der Waals surface area contributed by atoms with Crippen molar-refractivity contribution < 1.29 is 4.79 Å². The second-order valence-corrected chi connectivity index (χ2v) is 5.40. The van der Waals surface area contributed by atoms with Gasteiger partial charge in [0, 0.05) is 18.3 Å². The van der Waals surface area contributed by atoms with Crippen molar-refractivity contribution in [3.63, 3.8) is 0 Å². The minimum atomic E-state index is -0.300. The Morgan fingerprint density at radius 1 is 1.20 bits per heavy atom. The molecular formula is C17H15N7O. The summed E-state index contributed by atoms with van der Waals surface area (Å²) in [6.07, 6.45) is 4.76. The van der Waals surface area contributed by atoms with Crippen molar-refractivity contribution in [2.24, 2.45) is 0 Å². The molecule has 1 amide bonds. The van der Waals surface area contributed by atoms with Crippen LogP contribution in [0.5, 0.6) is 0 Å². The fourth-order valence-corrected chi connectivity index (χ4v) is 2.53. The van der Waals surface area contributed by atoms with Crippen molar-refractivity contribution in [2.45, 2.75) is 13.5 Å². The third-order valence-electron chi connectivity index (χ3n) is 3.77. The van der Waals surface area contributed by atoms with Crippen LogP contribution in [-0.2, 0) is 6.54 Å². The van der Waals surface area contributed by atoms with Crippen LogP contribution in [0, 0.1) is 0 Å². The molecule has 0 aliphatic heterocycles. The summed E-state index contributed by atoms with van der Waals surface area (Å²) in [5.41, 5.74) is 2.54. The summed E-state index contributed by atoms with van der Waals surface area (Å²) in [7, 11) is 0. The van der Waals surface area contributed by atoms with Crippen LogP contribution < -0.4 is 5.32 Å². The van der Waals surface area contributed by atoms with Gasteiger partial charge in [-0.2, -0.15) is 19.7 Å². The highest BCUT2D eigenvalue weighted by Gasteiger charge is 2.16. The van der Waals surface area contributed by atoms with E-state index in [0.717, 1.165) is 12.1 Å². The van der Waals surface area contributed by atoms with Gasteiger partial charge in [0.2, 0.25) is 0 Å². The van der Waals surface area contributed by atoms with E-state index in [-0.39, 0.29) is 5.91 Å². The zero-order valence-corrected chi connectivity index (χ0v) is 13.5. The van der Waals surface area contributed by atoms with E-state index < -0.39 is 0 Å². The van der Waals surface area contributed by atoms with E-state index in [9.17, 15) is 4.79 Å². The molecule has 8 heteroatoms. The molecule has 0 fully saturated rings. The van der Waals surface area contributed by atoms with Crippen molar-refractivity contribution in [2.75, 3.05) is 5.32 Å². The van der Waals surface area contributed by atoms with E-state index in [1.54, 1.807) is 23.1 Å². The van der Waals surface area contributed by atoms with Crippen LogP contribution in [0.1, 0.15) is 17.4 Å². The highest BCUT2D eigenvalue weighted by atomic mass is 16.2. The molecule has 1 N–H and O–H groups in total. The molecule has 0 spiro atoms. The maximum Gasteiger partial charge on any atom is 0.274 e. The molecule has 124 valence electrons. The molecule has 0 aliphatic carbocycles. The lowest BCUT2D eigenvalue weighted by Crippen LogP contribution is -2.17. The number of anilines is 1. The van der Waals surface area contributed by atoms with Crippen molar-refractivity contribution in [3.05, 3.63) is 60.8 Å². The topological polar surface area (TPSA) is 90.0 Å². The summed E-state index contributed by atoms with van der Waals surface area (Å²) in [6.45, 7) is 2.71. The molecule has 0 radical (unpaired) electrons. The highest BCUT2D eigenvalue weighted by molar-refractivity contribution is 6.03. The molecule has 25 heavy (non-hydrogen) atoms. The zero-order valence-electron chi connectivity index (χ0n) is 13.5. The molecule has 0 unspecified atom stereocenters. The first-order chi connectivity index (χ1) is 12.2. The molecule has 0 bridgehead atoms. The molecule has 0 aliphatic rings. The molecule has 8 nitrogen and oxygen atoms in total. The zero-order chi connectivity index (χ0) is 17.2. The van der Waals surface area contributed by atoms with Crippen LogP contribution in [0.3, 0.4) is 0 Å². The number of carbonyl (C=O) groups excluding carboxylic acids is 1. The van der Waals surface area contributed by atoms with Gasteiger partial charge in [-0.15, -0.1) is 0 Å². The van der Waals surface area contributed by atoms with Crippen LogP contribution in [0.15, 0.2) is 55.1 Å². The van der Waals surface area contributed by atoms with Crippen LogP contribution in [0.25, 0.3) is 17.0 Å². The van der Waals surface area contributed by atoms with E-state index in [4.69, 9.17) is 0 Å². The number of fused-ring (bicyclic) bond motifs is 1. The fourth-order valence-electron chi connectivity index (χ4n) is 2.53. The number of nitrogens with one attached hydrogen (secondary N) is 1. The summed E-state index contributed by atoms with van der Waals surface area (Å²) < 4.78 is 3.16. The van der Waals surface area contributed by atoms with E-state index in [0.29, 0.717) is 22.9 Å². The van der Waals surface area contributed by atoms with Crippen molar-refractivity contribution in [1.82, 2.24) is 29.4 Å². The summed E-state index contributed by atoms with van der Waals surface area (Å²) in [5, 5.41) is 11.1. The maximum atomic E-state index is 12.7. The number of nitrogens with zero attached hydrogens (tertiary/aromatic N) is 6. The van der Waals surface area contributed by atoms with Crippen molar-refractivity contribution in [1.29, 1.82) is 0 Å². The third kappa shape index (κ3) is 2.85. The first-order valence-electron chi connectivity index (χ1n) is 7.84. The number of hydrogen-bond donors (Lipinski definition) is 1. The smallest absolute Gasteiger partial charge is 0.274 e. The molecule has 4 rings (SSSR count). The first-order valence-corrected chi connectivity index (χ1v) is 7.84. The van der Waals surface area contributed by atoms with Gasteiger partial charge < -0.3 is 5.32 Å². The summed E-state index contributed by atoms with van der Waals surface area (Å²) >= 11 is 0. The van der Waals surface area contributed by atoms with Crippen LogP contribution in [0.4, 0.5) is 5.69 Å². The number of aryl methyl sites for hydroxylation is 1. The maximum absolute atomic E-state index is 12.7. The third-order valence-corrected chi connectivity index (χ3v) is 3.77. The van der Waals surface area contributed by atoms with Gasteiger partial charge in [-0.3, -0.25) is 9.48 Å². The normalized spacial score (nSPS) is 10.9. The van der Waals surface area contributed by atoms with Gasteiger partial charge in [0.25, 0.3) is 11.7 Å². The van der Waals surface area contributed by atoms with Crippen LogP contribution in [0.2, 0.25) is 0 Å². The molecule has 1 aromatic carbocycles. The standard InChI is InChI=1S/C17H15N7O/c1-2-23-10-13(9-19-23)21-16(25)15-8-14(12-6-4-3-5-7-12)22-17-18-11-20-24(15)17/h3-11H,2H2,1H3,(H,21,25). The lowest BCUT2D eigenvalue weighted by atomic mass is 10.1. The summed E-state index contributed by atoms with van der Waals surface area (Å²) in [6, 6.07) is 11.3. The molecule has 0 saturated carbocycles. The van der Waals surface area contributed by atoms with Gasteiger partial charge in [0.1, 0.15) is 12.0 Å². The van der Waals surface area contributed by atoms with Gasteiger partial charge >= 0.3 is 0 Å². The Balaban J connectivity index is 1.74. The Morgan fingerprint density at radius 2 is 2.04 bits per heavy atom. The molecule has 0 atom stereocenters. The summed E-state index contributed by atoms with van der Waals surface area (Å²) in [4.78, 5) is 21.3. The predicted molar refractivity (Wildman–Crippen MR) is 92.1 cm³/mol. The Morgan fingerprint density at radius 3 is 2.80 bits per heavy atom. The van der Waals surface area contributed by atoms with Crippen LogP contribution in [-0.4, -0.2) is 35.3 Å². The van der Waals surface area contributed by atoms with E-state index in [1.165, 1.54) is 10.8 Å². The van der Waals surface area contributed by atoms with Crippen LogP contribution >= 0.6 is 0 Å². The molecule has 0 saturated heterocycles. The average Bonchev–Trinajstić information content (AvgIpc) is 3.30. The number of amides is 1. The van der Waals surface area contributed by atoms with Crippen molar-refractivity contribution >= 4 is 17.4 Å². The Bertz CT molecular complexity index is 1040. The minimum absolute atomic E-state index is 0.300. The molecular weight excluding hydrogens is 318 g/mol. The Labute approximate surface area is 143 Å². The Hall–Kier alpha value is -3.55. The monoisotopic (exact) mass is 333 g/mol. The molecule has 3 heterocycles. The first kappa shape index (κ1) is 15.0. The number of aromatic nitrogens is 6. The summed E-state index contributed by atoms with van der Waals surface area (Å²) in [5.74, 6) is 0.0708. The van der Waals surface area contributed by atoms with Gasteiger partial charge in [0.05, 0.1) is 17.6 Å². The van der Waals surface area contributed by atoms with Gasteiger partial charge in [-0.1, -0.05) is 30.3 Å². The highest BCUT2D eigenvalue weighted by Crippen LogP contribution is 2.19. The average molecular weight is 333 g/mol. The molecule has 3 aromatic heterocycles. The number of rotatable bonds is 4. The lowest BCUT2D eigenvalue weighted by Gasteiger charge is -2.07. The van der Waals surface area contributed by atoms with Crippen molar-refractivity contribution in [3.8, 4) is 11.3 Å². The van der Waals surface area contributed by atoms with Gasteiger partial charge in [-0.05, 0) is 13.0 Å². The predicted octanol–water partition coefficient (Wildman–Crippen LogP) is 2.26. The molecule has 4 aromatic rings. The number of hydrogen-bond acceptors (Lipinski definition) is 5. The number of benzene rings is 1. The number of carbonyl (C=O) groups is 1. The lowest BCUT2D eigenvalue weighted by molar-refractivity contribution is 0.102. The largest absolute Gasteiger partial charge is 0.318 e. The SMILES string of the molecule is CCn1cc(NC(=O)c2cc(-c3ccccc3)nc3ncnn23)cn1.